The van der Waals surface area contributed by atoms with Gasteiger partial charge in [-0.1, -0.05) is 36.2 Å². The minimum Gasteiger partial charge on any atom is -0.387 e. The summed E-state index contributed by atoms with van der Waals surface area (Å²) >= 11 is 0. The highest BCUT2D eigenvalue weighted by atomic mass is 16.3. The van der Waals surface area contributed by atoms with E-state index in [1.54, 1.807) is 0 Å². The Labute approximate surface area is 104 Å². The lowest BCUT2D eigenvalue weighted by Crippen LogP contribution is -2.45. The van der Waals surface area contributed by atoms with Crippen LogP contribution >= 0.6 is 0 Å². The van der Waals surface area contributed by atoms with Crippen molar-refractivity contribution in [3.63, 3.8) is 0 Å². The fourth-order valence-corrected chi connectivity index (χ4v) is 2.39. The van der Waals surface area contributed by atoms with E-state index in [2.05, 4.69) is 37.9 Å². The average Bonchev–Trinajstić information content (AvgIpc) is 2.25. The van der Waals surface area contributed by atoms with Crippen molar-refractivity contribution in [2.24, 2.45) is 0 Å². The first-order valence-corrected chi connectivity index (χ1v) is 6.56. The quantitative estimate of drug-likeness (QED) is 0.864. The van der Waals surface area contributed by atoms with Gasteiger partial charge in [-0.25, -0.2) is 0 Å². The summed E-state index contributed by atoms with van der Waals surface area (Å²) in [6, 6.07) is 9.05. The van der Waals surface area contributed by atoms with Gasteiger partial charge in [0.1, 0.15) is 0 Å². The first kappa shape index (κ1) is 12.6. The van der Waals surface area contributed by atoms with E-state index >= 15 is 0 Å². The molecule has 0 heterocycles. The lowest BCUT2D eigenvalue weighted by Gasteiger charge is -2.40. The summed E-state index contributed by atoms with van der Waals surface area (Å²) in [4.78, 5) is 2.33. The van der Waals surface area contributed by atoms with Crippen molar-refractivity contribution >= 4 is 0 Å². The summed E-state index contributed by atoms with van der Waals surface area (Å²) < 4.78 is 0. The van der Waals surface area contributed by atoms with Crippen LogP contribution in [0.5, 0.6) is 0 Å². The van der Waals surface area contributed by atoms with Crippen molar-refractivity contribution in [3.05, 3.63) is 35.4 Å². The Hall–Kier alpha value is -0.860. The fourth-order valence-electron chi connectivity index (χ4n) is 2.39. The van der Waals surface area contributed by atoms with Gasteiger partial charge in [-0.15, -0.1) is 0 Å². The molecule has 1 aliphatic rings. The van der Waals surface area contributed by atoms with Gasteiger partial charge in [-0.2, -0.15) is 0 Å². The predicted octanol–water partition coefficient (Wildman–Crippen LogP) is 2.90. The zero-order valence-corrected chi connectivity index (χ0v) is 11.1. The third-order valence-corrected chi connectivity index (χ3v) is 4.17. The monoisotopic (exact) mass is 233 g/mol. The number of aryl methyl sites for hydroxylation is 1. The summed E-state index contributed by atoms with van der Waals surface area (Å²) in [5.74, 6) is 0. The van der Waals surface area contributed by atoms with Gasteiger partial charge in [0.2, 0.25) is 0 Å². The Balaban J connectivity index is 2.02. The first-order chi connectivity index (χ1) is 8.09. The number of likely N-dealkylation sites (N-methyl/N-ethyl adjacent to an activating group) is 1. The van der Waals surface area contributed by atoms with Gasteiger partial charge < -0.3 is 5.11 Å². The number of benzene rings is 1. The first-order valence-electron chi connectivity index (χ1n) is 6.56. The standard InChI is InChI=1S/C15H23NO/c1-11-7-9-13(10-8-11)15(17)12(2)16(3)14-5-4-6-14/h7-10,12,14-15,17H,4-6H2,1-3H3. The fraction of sp³-hybridized carbons (Fsp3) is 0.600. The van der Waals surface area contributed by atoms with Crippen molar-refractivity contribution in [2.45, 2.75) is 51.3 Å². The zero-order chi connectivity index (χ0) is 12.4. The van der Waals surface area contributed by atoms with E-state index in [1.165, 1.54) is 24.8 Å². The molecule has 1 N–H and O–H groups in total. The summed E-state index contributed by atoms with van der Waals surface area (Å²) in [7, 11) is 2.13. The van der Waals surface area contributed by atoms with Crippen LogP contribution in [-0.4, -0.2) is 29.1 Å². The van der Waals surface area contributed by atoms with Gasteiger partial charge in [0, 0.05) is 12.1 Å². The van der Waals surface area contributed by atoms with Gasteiger partial charge in [0.25, 0.3) is 0 Å². The number of aliphatic hydroxyl groups excluding tert-OH is 1. The van der Waals surface area contributed by atoms with Crippen molar-refractivity contribution in [3.8, 4) is 0 Å². The van der Waals surface area contributed by atoms with Gasteiger partial charge in [0.15, 0.2) is 0 Å². The molecule has 0 saturated heterocycles. The van der Waals surface area contributed by atoms with E-state index in [9.17, 15) is 5.11 Å². The number of hydrogen-bond acceptors (Lipinski definition) is 2. The highest BCUT2D eigenvalue weighted by Crippen LogP contribution is 2.29. The molecule has 1 aromatic carbocycles. The molecule has 1 aromatic rings. The summed E-state index contributed by atoms with van der Waals surface area (Å²) in [6.45, 7) is 4.18. The largest absolute Gasteiger partial charge is 0.387 e. The van der Waals surface area contributed by atoms with Gasteiger partial charge >= 0.3 is 0 Å². The molecule has 0 amide bonds. The number of aliphatic hydroxyl groups is 1. The topological polar surface area (TPSA) is 23.5 Å². The Morgan fingerprint density at radius 2 is 1.82 bits per heavy atom. The average molecular weight is 233 g/mol. The van der Waals surface area contributed by atoms with Crippen LogP contribution in [0.25, 0.3) is 0 Å². The molecule has 2 atom stereocenters. The third kappa shape index (κ3) is 2.70. The van der Waals surface area contributed by atoms with Crippen LogP contribution in [0.1, 0.15) is 43.4 Å². The minimum absolute atomic E-state index is 0.183. The Bertz CT molecular complexity index is 356. The minimum atomic E-state index is -0.388. The third-order valence-electron chi connectivity index (χ3n) is 4.17. The Morgan fingerprint density at radius 3 is 2.29 bits per heavy atom. The van der Waals surface area contributed by atoms with E-state index in [0.717, 1.165) is 5.56 Å². The maximum absolute atomic E-state index is 10.4. The highest BCUT2D eigenvalue weighted by molar-refractivity contribution is 5.24. The molecule has 17 heavy (non-hydrogen) atoms. The van der Waals surface area contributed by atoms with E-state index in [1.807, 2.05) is 12.1 Å². The number of nitrogens with zero attached hydrogens (tertiary/aromatic N) is 1. The van der Waals surface area contributed by atoms with Crippen LogP contribution in [-0.2, 0) is 0 Å². The van der Waals surface area contributed by atoms with E-state index < -0.39 is 0 Å². The van der Waals surface area contributed by atoms with Crippen LogP contribution in [0, 0.1) is 6.92 Å². The molecule has 1 aliphatic carbocycles. The molecule has 1 fully saturated rings. The summed E-state index contributed by atoms with van der Waals surface area (Å²) in [5.41, 5.74) is 2.26. The molecule has 2 unspecified atom stereocenters. The van der Waals surface area contributed by atoms with Crippen LogP contribution in [0.15, 0.2) is 24.3 Å². The molecule has 0 bridgehead atoms. The molecule has 0 aliphatic heterocycles. The molecule has 2 heteroatoms. The van der Waals surface area contributed by atoms with Crippen molar-refractivity contribution < 1.29 is 5.11 Å². The molecular formula is C15H23NO. The lowest BCUT2D eigenvalue weighted by molar-refractivity contribution is 0.0268. The van der Waals surface area contributed by atoms with Gasteiger partial charge in [0.05, 0.1) is 6.10 Å². The zero-order valence-electron chi connectivity index (χ0n) is 11.1. The van der Waals surface area contributed by atoms with E-state index in [4.69, 9.17) is 0 Å². The molecule has 0 spiro atoms. The second-order valence-corrected chi connectivity index (χ2v) is 5.35. The lowest BCUT2D eigenvalue weighted by atomic mass is 9.89. The molecular weight excluding hydrogens is 210 g/mol. The molecule has 2 nitrogen and oxygen atoms in total. The normalized spacial score (nSPS) is 20.1. The smallest absolute Gasteiger partial charge is 0.0942 e. The van der Waals surface area contributed by atoms with Crippen molar-refractivity contribution in [1.82, 2.24) is 4.90 Å². The molecule has 2 rings (SSSR count). The van der Waals surface area contributed by atoms with Crippen LogP contribution in [0.4, 0.5) is 0 Å². The maximum atomic E-state index is 10.4. The maximum Gasteiger partial charge on any atom is 0.0942 e. The second kappa shape index (κ2) is 5.19. The van der Waals surface area contributed by atoms with Crippen LogP contribution in [0.3, 0.4) is 0 Å². The van der Waals surface area contributed by atoms with Crippen LogP contribution in [0.2, 0.25) is 0 Å². The second-order valence-electron chi connectivity index (χ2n) is 5.35. The van der Waals surface area contributed by atoms with Gasteiger partial charge in [-0.3, -0.25) is 4.90 Å². The van der Waals surface area contributed by atoms with Crippen LogP contribution < -0.4 is 0 Å². The molecule has 0 aromatic heterocycles. The van der Waals surface area contributed by atoms with Crippen molar-refractivity contribution in [1.29, 1.82) is 0 Å². The van der Waals surface area contributed by atoms with Crippen molar-refractivity contribution in [2.75, 3.05) is 7.05 Å². The molecule has 94 valence electrons. The number of hydrogen-bond donors (Lipinski definition) is 1. The highest BCUT2D eigenvalue weighted by Gasteiger charge is 2.29. The summed E-state index contributed by atoms with van der Waals surface area (Å²) in [6.07, 6.45) is 3.51. The molecule has 0 radical (unpaired) electrons. The van der Waals surface area contributed by atoms with E-state index in [-0.39, 0.29) is 12.1 Å². The Morgan fingerprint density at radius 1 is 1.24 bits per heavy atom. The summed E-state index contributed by atoms with van der Waals surface area (Å²) in [5, 5.41) is 10.4. The SMILES string of the molecule is Cc1ccc(C(O)C(C)N(C)C2CCC2)cc1. The van der Waals surface area contributed by atoms with Gasteiger partial charge in [-0.05, 0) is 39.3 Å². The number of rotatable bonds is 4. The van der Waals surface area contributed by atoms with E-state index in [0.29, 0.717) is 6.04 Å². The predicted molar refractivity (Wildman–Crippen MR) is 71.0 cm³/mol. The Kier molecular flexibility index (Phi) is 3.85. The molecule has 1 saturated carbocycles.